The van der Waals surface area contributed by atoms with Crippen molar-refractivity contribution in [3.05, 3.63) is 0 Å². The summed E-state index contributed by atoms with van der Waals surface area (Å²) in [5.74, 6) is 0. The standard InChI is InChI=1S/C18H43N3O3Si/c1-8-22-25(23-9-2,24-10-3)18-17-21(15-11-13-19(4)5)16-12-14-20(6)7/h8-18H2,1-7H3. The van der Waals surface area contributed by atoms with Crippen molar-refractivity contribution in [2.45, 2.75) is 39.7 Å². The third-order valence-corrected chi connectivity index (χ3v) is 7.01. The minimum absolute atomic E-state index is 0.646. The molecule has 0 aliphatic heterocycles. The molecule has 0 radical (unpaired) electrons. The van der Waals surface area contributed by atoms with Gasteiger partial charge in [-0.15, -0.1) is 0 Å². The lowest BCUT2D eigenvalue weighted by Crippen LogP contribution is -2.48. The van der Waals surface area contributed by atoms with Crippen molar-refractivity contribution in [2.75, 3.05) is 80.7 Å². The van der Waals surface area contributed by atoms with E-state index in [0.29, 0.717) is 19.8 Å². The lowest BCUT2D eigenvalue weighted by Gasteiger charge is -2.31. The number of rotatable bonds is 17. The third kappa shape index (κ3) is 12.9. The van der Waals surface area contributed by atoms with Crippen LogP contribution in [0, 0.1) is 0 Å². The Kier molecular flexibility index (Phi) is 15.1. The summed E-state index contributed by atoms with van der Waals surface area (Å²) in [7, 11) is 5.99. The topological polar surface area (TPSA) is 37.4 Å². The molecule has 0 N–H and O–H groups in total. The van der Waals surface area contributed by atoms with Crippen LogP contribution in [0.15, 0.2) is 0 Å². The van der Waals surface area contributed by atoms with Crippen molar-refractivity contribution in [3.8, 4) is 0 Å². The minimum Gasteiger partial charge on any atom is -0.374 e. The monoisotopic (exact) mass is 377 g/mol. The summed E-state index contributed by atoms with van der Waals surface area (Å²) in [4.78, 5) is 7.04. The molecule has 0 bridgehead atoms. The molecule has 0 saturated carbocycles. The van der Waals surface area contributed by atoms with E-state index in [1.807, 2.05) is 20.8 Å². The van der Waals surface area contributed by atoms with E-state index in [1.54, 1.807) is 0 Å². The van der Waals surface area contributed by atoms with E-state index in [0.717, 1.165) is 38.8 Å². The van der Waals surface area contributed by atoms with Crippen molar-refractivity contribution >= 4 is 8.80 Å². The fraction of sp³-hybridized carbons (Fsp3) is 1.00. The molecule has 0 aliphatic rings. The fourth-order valence-corrected chi connectivity index (χ4v) is 5.45. The van der Waals surface area contributed by atoms with Gasteiger partial charge in [0.2, 0.25) is 0 Å². The van der Waals surface area contributed by atoms with Crippen LogP contribution >= 0.6 is 0 Å². The zero-order valence-corrected chi connectivity index (χ0v) is 18.8. The zero-order chi connectivity index (χ0) is 19.1. The molecule has 6 nitrogen and oxygen atoms in total. The van der Waals surface area contributed by atoms with Crippen LogP contribution in [0.3, 0.4) is 0 Å². The summed E-state index contributed by atoms with van der Waals surface area (Å²) in [6, 6.07) is 0.868. The second kappa shape index (κ2) is 15.1. The van der Waals surface area contributed by atoms with Gasteiger partial charge in [0.25, 0.3) is 0 Å². The fourth-order valence-electron chi connectivity index (χ4n) is 2.85. The Morgan fingerprint density at radius 2 is 1.00 bits per heavy atom. The second-order valence-corrected chi connectivity index (χ2v) is 9.62. The van der Waals surface area contributed by atoms with E-state index in [1.165, 1.54) is 12.8 Å². The Labute approximate surface area is 157 Å². The minimum atomic E-state index is -2.54. The Bertz CT molecular complexity index is 276. The summed E-state index contributed by atoms with van der Waals surface area (Å²) in [6.07, 6.45) is 2.36. The van der Waals surface area contributed by atoms with Crippen LogP contribution in [0.1, 0.15) is 33.6 Å². The van der Waals surface area contributed by atoms with Gasteiger partial charge in [-0.05, 0) is 88.0 Å². The Balaban J connectivity index is 4.67. The Hall–Kier alpha value is -0.0231. The van der Waals surface area contributed by atoms with Crippen LogP contribution in [0.4, 0.5) is 0 Å². The van der Waals surface area contributed by atoms with Crippen LogP contribution < -0.4 is 0 Å². The summed E-state index contributed by atoms with van der Waals surface area (Å²) in [6.45, 7) is 13.4. The van der Waals surface area contributed by atoms with E-state index in [4.69, 9.17) is 13.3 Å². The van der Waals surface area contributed by atoms with Gasteiger partial charge in [-0.25, -0.2) is 0 Å². The predicted molar refractivity (Wildman–Crippen MR) is 108 cm³/mol. The molecule has 25 heavy (non-hydrogen) atoms. The molecule has 0 aliphatic carbocycles. The highest BCUT2D eigenvalue weighted by Crippen LogP contribution is 2.17. The summed E-state index contributed by atoms with van der Waals surface area (Å²) in [5, 5.41) is 0. The van der Waals surface area contributed by atoms with Crippen molar-refractivity contribution in [1.29, 1.82) is 0 Å². The van der Waals surface area contributed by atoms with Gasteiger partial charge in [-0.3, -0.25) is 0 Å². The molecule has 0 heterocycles. The summed E-state index contributed by atoms with van der Waals surface area (Å²) >= 11 is 0. The molecule has 0 aromatic rings. The first-order valence-electron chi connectivity index (χ1n) is 9.82. The van der Waals surface area contributed by atoms with Gasteiger partial charge in [0.1, 0.15) is 0 Å². The van der Waals surface area contributed by atoms with Crippen molar-refractivity contribution in [3.63, 3.8) is 0 Å². The van der Waals surface area contributed by atoms with Gasteiger partial charge >= 0.3 is 8.80 Å². The van der Waals surface area contributed by atoms with E-state index >= 15 is 0 Å². The second-order valence-electron chi connectivity index (χ2n) is 6.89. The first-order valence-corrected chi connectivity index (χ1v) is 11.8. The molecule has 0 fully saturated rings. The average Bonchev–Trinajstić information content (AvgIpc) is 2.52. The molecule has 0 aromatic heterocycles. The smallest absolute Gasteiger partial charge is 0.374 e. The van der Waals surface area contributed by atoms with Crippen LogP contribution in [0.2, 0.25) is 6.04 Å². The Morgan fingerprint density at radius 3 is 1.32 bits per heavy atom. The molecule has 0 unspecified atom stereocenters. The maximum Gasteiger partial charge on any atom is 0.502 e. The van der Waals surface area contributed by atoms with Gasteiger partial charge in [0.05, 0.1) is 0 Å². The maximum atomic E-state index is 6.00. The molecule has 0 rings (SSSR count). The first-order chi connectivity index (χ1) is 11.9. The summed E-state index contributed by atoms with van der Waals surface area (Å²) < 4.78 is 18.0. The van der Waals surface area contributed by atoms with Crippen LogP contribution in [0.5, 0.6) is 0 Å². The largest absolute Gasteiger partial charge is 0.502 e. The molecular formula is C18H43N3O3Si. The third-order valence-electron chi connectivity index (χ3n) is 3.99. The number of hydrogen-bond donors (Lipinski definition) is 0. The molecule has 0 saturated heterocycles. The molecular weight excluding hydrogens is 334 g/mol. The van der Waals surface area contributed by atoms with Crippen LogP contribution in [-0.4, -0.2) is 104 Å². The molecule has 0 spiro atoms. The SMILES string of the molecule is CCO[Si](CCN(CCCN(C)C)CCCN(C)C)(OCC)OCC. The van der Waals surface area contributed by atoms with E-state index in [-0.39, 0.29) is 0 Å². The lowest BCUT2D eigenvalue weighted by molar-refractivity contribution is 0.0678. The lowest BCUT2D eigenvalue weighted by atomic mass is 10.3. The van der Waals surface area contributed by atoms with Crippen LogP contribution in [-0.2, 0) is 13.3 Å². The van der Waals surface area contributed by atoms with E-state index in [9.17, 15) is 0 Å². The highest BCUT2D eigenvalue weighted by atomic mass is 28.4. The highest BCUT2D eigenvalue weighted by Gasteiger charge is 2.40. The molecule has 7 heteroatoms. The molecule has 152 valence electrons. The highest BCUT2D eigenvalue weighted by molar-refractivity contribution is 6.60. The number of hydrogen-bond acceptors (Lipinski definition) is 6. The predicted octanol–water partition coefficient (Wildman–Crippen LogP) is 2.24. The van der Waals surface area contributed by atoms with Gasteiger partial charge in [-0.1, -0.05) is 0 Å². The van der Waals surface area contributed by atoms with Crippen LogP contribution in [0.25, 0.3) is 0 Å². The summed E-state index contributed by atoms with van der Waals surface area (Å²) in [5.41, 5.74) is 0. The normalized spacial score (nSPS) is 12.7. The van der Waals surface area contributed by atoms with Crippen molar-refractivity contribution in [2.24, 2.45) is 0 Å². The van der Waals surface area contributed by atoms with E-state index < -0.39 is 8.80 Å². The van der Waals surface area contributed by atoms with Crippen molar-refractivity contribution < 1.29 is 13.3 Å². The number of nitrogens with zero attached hydrogens (tertiary/aromatic N) is 3. The molecule has 0 aromatic carbocycles. The van der Waals surface area contributed by atoms with Crippen molar-refractivity contribution in [1.82, 2.24) is 14.7 Å². The van der Waals surface area contributed by atoms with E-state index in [2.05, 4.69) is 42.9 Å². The zero-order valence-electron chi connectivity index (χ0n) is 17.8. The molecule has 0 atom stereocenters. The first kappa shape index (κ1) is 25.0. The maximum absolute atomic E-state index is 6.00. The average molecular weight is 378 g/mol. The van der Waals surface area contributed by atoms with Gasteiger partial charge in [0.15, 0.2) is 0 Å². The van der Waals surface area contributed by atoms with Gasteiger partial charge < -0.3 is 28.0 Å². The quantitative estimate of drug-likeness (QED) is 0.362. The Morgan fingerprint density at radius 1 is 0.600 bits per heavy atom. The van der Waals surface area contributed by atoms with Gasteiger partial charge in [-0.2, -0.15) is 0 Å². The van der Waals surface area contributed by atoms with Gasteiger partial charge in [0, 0.05) is 32.4 Å². The molecule has 0 amide bonds.